The number of carbonyl (C=O) groups excluding carboxylic acids is 1. The number of amides is 1. The average Bonchev–Trinajstić information content (AvgIpc) is 3.10. The molecule has 132 valence electrons. The number of ether oxygens (including phenoxy) is 1. The Morgan fingerprint density at radius 1 is 1.20 bits per heavy atom. The normalized spacial score (nSPS) is 24.5. The second-order valence-corrected chi connectivity index (χ2v) is 6.71. The number of H-pyrrole nitrogens is 1. The van der Waals surface area contributed by atoms with Gasteiger partial charge < -0.3 is 15.0 Å². The zero-order chi connectivity index (χ0) is 17.2. The molecule has 0 bridgehead atoms. The van der Waals surface area contributed by atoms with Crippen LogP contribution in [0.3, 0.4) is 0 Å². The Kier molecular flexibility index (Phi) is 4.50. The van der Waals surface area contributed by atoms with Crippen molar-refractivity contribution in [2.75, 3.05) is 26.3 Å². The van der Waals surface area contributed by atoms with Crippen molar-refractivity contribution >= 4 is 16.9 Å². The SMILES string of the molecule is O=C(N[C@H]1COC[C@@H]1N1CCCCC1)c1nc2ccccc2[nH]c1=O. The summed E-state index contributed by atoms with van der Waals surface area (Å²) >= 11 is 0. The third-order valence-electron chi connectivity index (χ3n) is 5.04. The van der Waals surface area contributed by atoms with Crippen LogP contribution in [0.5, 0.6) is 0 Å². The van der Waals surface area contributed by atoms with Gasteiger partial charge in [0.15, 0.2) is 5.69 Å². The number of nitrogens with one attached hydrogen (secondary N) is 2. The molecule has 0 spiro atoms. The van der Waals surface area contributed by atoms with E-state index < -0.39 is 11.5 Å². The number of carbonyl (C=O) groups is 1. The summed E-state index contributed by atoms with van der Waals surface area (Å²) in [6, 6.07) is 7.24. The first-order valence-corrected chi connectivity index (χ1v) is 8.84. The van der Waals surface area contributed by atoms with Gasteiger partial charge in [-0.25, -0.2) is 4.98 Å². The van der Waals surface area contributed by atoms with Crippen LogP contribution in [0.15, 0.2) is 29.1 Å². The van der Waals surface area contributed by atoms with Gasteiger partial charge in [-0.15, -0.1) is 0 Å². The lowest BCUT2D eigenvalue weighted by atomic mass is 10.0. The molecule has 3 heterocycles. The number of nitrogens with zero attached hydrogens (tertiary/aromatic N) is 2. The summed E-state index contributed by atoms with van der Waals surface area (Å²) in [5.74, 6) is -0.440. The van der Waals surface area contributed by atoms with E-state index in [0.717, 1.165) is 13.1 Å². The topological polar surface area (TPSA) is 87.3 Å². The minimum atomic E-state index is -0.468. The molecule has 2 fully saturated rings. The predicted molar refractivity (Wildman–Crippen MR) is 93.6 cm³/mol. The summed E-state index contributed by atoms with van der Waals surface area (Å²) in [6.45, 7) is 3.16. The van der Waals surface area contributed by atoms with Crippen LogP contribution in [0.4, 0.5) is 0 Å². The Morgan fingerprint density at radius 3 is 2.84 bits per heavy atom. The van der Waals surface area contributed by atoms with Gasteiger partial charge in [0.25, 0.3) is 11.5 Å². The van der Waals surface area contributed by atoms with E-state index >= 15 is 0 Å². The van der Waals surface area contributed by atoms with Gasteiger partial charge in [0.1, 0.15) is 0 Å². The van der Waals surface area contributed by atoms with Gasteiger partial charge in [-0.1, -0.05) is 18.6 Å². The molecule has 7 nitrogen and oxygen atoms in total. The van der Waals surface area contributed by atoms with Crippen LogP contribution in [0.1, 0.15) is 29.8 Å². The van der Waals surface area contributed by atoms with Crippen LogP contribution < -0.4 is 10.9 Å². The fourth-order valence-electron chi connectivity index (χ4n) is 3.71. The number of para-hydroxylation sites is 2. The van der Waals surface area contributed by atoms with Crippen LogP contribution in [0.2, 0.25) is 0 Å². The maximum atomic E-state index is 12.6. The highest BCUT2D eigenvalue weighted by Crippen LogP contribution is 2.19. The number of aromatic nitrogens is 2. The molecule has 7 heteroatoms. The first kappa shape index (κ1) is 16.2. The summed E-state index contributed by atoms with van der Waals surface area (Å²) in [4.78, 5) is 34.2. The summed E-state index contributed by atoms with van der Waals surface area (Å²) in [6.07, 6.45) is 3.63. The average molecular weight is 342 g/mol. The Hall–Kier alpha value is -2.25. The van der Waals surface area contributed by atoms with Crippen molar-refractivity contribution in [2.45, 2.75) is 31.3 Å². The van der Waals surface area contributed by atoms with E-state index in [1.165, 1.54) is 19.3 Å². The van der Waals surface area contributed by atoms with Crippen molar-refractivity contribution in [2.24, 2.45) is 0 Å². The molecule has 2 atom stereocenters. The van der Waals surface area contributed by atoms with E-state index in [-0.39, 0.29) is 17.8 Å². The van der Waals surface area contributed by atoms with E-state index in [1.54, 1.807) is 12.1 Å². The molecular weight excluding hydrogens is 320 g/mol. The summed E-state index contributed by atoms with van der Waals surface area (Å²) in [5, 5.41) is 2.96. The Bertz CT molecular complexity index is 828. The summed E-state index contributed by atoms with van der Waals surface area (Å²) in [5.41, 5.74) is 0.662. The van der Waals surface area contributed by atoms with Crippen molar-refractivity contribution in [3.8, 4) is 0 Å². The van der Waals surface area contributed by atoms with Gasteiger partial charge in [0.2, 0.25) is 0 Å². The van der Waals surface area contributed by atoms with Crippen molar-refractivity contribution in [1.29, 1.82) is 0 Å². The van der Waals surface area contributed by atoms with Crippen molar-refractivity contribution in [1.82, 2.24) is 20.2 Å². The minimum absolute atomic E-state index is 0.0944. The van der Waals surface area contributed by atoms with Gasteiger partial charge in [-0.2, -0.15) is 0 Å². The molecule has 2 N–H and O–H groups in total. The third kappa shape index (κ3) is 3.29. The van der Waals surface area contributed by atoms with E-state index in [1.807, 2.05) is 12.1 Å². The molecule has 0 aliphatic carbocycles. The van der Waals surface area contributed by atoms with Crippen LogP contribution in [-0.4, -0.2) is 59.2 Å². The van der Waals surface area contributed by atoms with E-state index in [4.69, 9.17) is 4.74 Å². The molecule has 2 aliphatic rings. The zero-order valence-electron chi connectivity index (χ0n) is 14.0. The van der Waals surface area contributed by atoms with Crippen LogP contribution in [-0.2, 0) is 4.74 Å². The lowest BCUT2D eigenvalue weighted by Crippen LogP contribution is -2.53. The van der Waals surface area contributed by atoms with E-state index in [2.05, 4.69) is 20.2 Å². The maximum Gasteiger partial charge on any atom is 0.280 e. The number of benzene rings is 1. The monoisotopic (exact) mass is 342 g/mol. The number of hydrogen-bond donors (Lipinski definition) is 2. The quantitative estimate of drug-likeness (QED) is 0.866. The smallest absolute Gasteiger partial charge is 0.280 e. The molecule has 0 unspecified atom stereocenters. The van der Waals surface area contributed by atoms with Crippen LogP contribution >= 0.6 is 0 Å². The number of aromatic amines is 1. The first-order valence-electron chi connectivity index (χ1n) is 8.84. The van der Waals surface area contributed by atoms with Gasteiger partial charge in [-0.05, 0) is 38.1 Å². The lowest BCUT2D eigenvalue weighted by Gasteiger charge is -2.34. The second-order valence-electron chi connectivity index (χ2n) is 6.71. The third-order valence-corrected chi connectivity index (χ3v) is 5.04. The van der Waals surface area contributed by atoms with Gasteiger partial charge in [0.05, 0.1) is 36.3 Å². The Labute approximate surface area is 145 Å². The molecule has 1 aromatic heterocycles. The fourth-order valence-corrected chi connectivity index (χ4v) is 3.71. The van der Waals surface area contributed by atoms with Gasteiger partial charge >= 0.3 is 0 Å². The molecule has 0 saturated carbocycles. The highest BCUT2D eigenvalue weighted by atomic mass is 16.5. The van der Waals surface area contributed by atoms with E-state index in [0.29, 0.717) is 24.2 Å². The number of fused-ring (bicyclic) bond motifs is 1. The number of piperidine rings is 1. The van der Waals surface area contributed by atoms with Crippen molar-refractivity contribution in [3.63, 3.8) is 0 Å². The molecule has 0 radical (unpaired) electrons. The fraction of sp³-hybridized carbons (Fsp3) is 0.500. The predicted octanol–water partition coefficient (Wildman–Crippen LogP) is 0.906. The van der Waals surface area contributed by atoms with Gasteiger partial charge in [-0.3, -0.25) is 14.5 Å². The van der Waals surface area contributed by atoms with Gasteiger partial charge in [0, 0.05) is 0 Å². The van der Waals surface area contributed by atoms with Crippen molar-refractivity contribution in [3.05, 3.63) is 40.3 Å². The van der Waals surface area contributed by atoms with E-state index in [9.17, 15) is 9.59 Å². The Balaban J connectivity index is 1.53. The molecule has 4 rings (SSSR count). The Morgan fingerprint density at radius 2 is 2.00 bits per heavy atom. The minimum Gasteiger partial charge on any atom is -0.378 e. The first-order chi connectivity index (χ1) is 12.2. The molecule has 2 aromatic rings. The van der Waals surface area contributed by atoms with Crippen LogP contribution in [0, 0.1) is 0 Å². The molecular formula is C18H22N4O3. The molecule has 1 aromatic carbocycles. The highest BCUT2D eigenvalue weighted by molar-refractivity contribution is 5.93. The molecule has 2 saturated heterocycles. The maximum absolute atomic E-state index is 12.6. The largest absolute Gasteiger partial charge is 0.378 e. The summed E-state index contributed by atoms with van der Waals surface area (Å²) in [7, 11) is 0. The highest BCUT2D eigenvalue weighted by Gasteiger charge is 2.35. The van der Waals surface area contributed by atoms with Crippen LogP contribution in [0.25, 0.3) is 11.0 Å². The summed E-state index contributed by atoms with van der Waals surface area (Å²) < 4.78 is 5.60. The standard InChI is InChI=1S/C18H22N4O3/c23-17-16(19-12-6-2-3-7-13(12)20-17)18(24)21-14-10-25-11-15(14)22-8-4-1-5-9-22/h2-3,6-7,14-15H,1,4-5,8-11H2,(H,20,23)(H,21,24)/t14-,15-/m0/s1. The lowest BCUT2D eigenvalue weighted by molar-refractivity contribution is 0.0893. The number of likely N-dealkylation sites (tertiary alicyclic amines) is 1. The number of rotatable bonds is 3. The molecule has 25 heavy (non-hydrogen) atoms. The number of hydrogen-bond acceptors (Lipinski definition) is 5. The molecule has 2 aliphatic heterocycles. The molecule has 1 amide bonds. The second kappa shape index (κ2) is 6.93. The van der Waals surface area contributed by atoms with Crippen molar-refractivity contribution < 1.29 is 9.53 Å². The zero-order valence-corrected chi connectivity index (χ0v) is 14.0.